The van der Waals surface area contributed by atoms with Crippen LogP contribution in [0.3, 0.4) is 0 Å². The molecule has 0 aliphatic rings. The van der Waals surface area contributed by atoms with Crippen LogP contribution in [0.15, 0.2) is 72.8 Å². The van der Waals surface area contributed by atoms with Crippen LogP contribution < -0.4 is 10.6 Å². The third-order valence-electron chi connectivity index (χ3n) is 4.50. The molecule has 6 nitrogen and oxygen atoms in total. The number of hydrogen-bond donors (Lipinski definition) is 2. The van der Waals surface area contributed by atoms with Crippen LogP contribution in [0.25, 0.3) is 0 Å². The largest absolute Gasteiger partial charge is 0.416 e. The summed E-state index contributed by atoms with van der Waals surface area (Å²) in [5.74, 6) is -0.668. The number of halogens is 3. The van der Waals surface area contributed by atoms with E-state index in [1.54, 1.807) is 0 Å². The van der Waals surface area contributed by atoms with Crippen molar-refractivity contribution in [2.75, 3.05) is 17.2 Å². The van der Waals surface area contributed by atoms with Gasteiger partial charge in [0.2, 0.25) is 0 Å². The SMILES string of the molecule is O=C(Nc1ccc(C(F)(F)F)cc1)c1ccc(NCCc2ccccc2)c([N+](=O)[O-])c1. The molecule has 2 N–H and O–H groups in total. The zero-order valence-corrected chi connectivity index (χ0v) is 16.1. The summed E-state index contributed by atoms with van der Waals surface area (Å²) >= 11 is 0. The van der Waals surface area contributed by atoms with Crippen molar-refractivity contribution in [3.05, 3.63) is 99.6 Å². The molecule has 0 aromatic heterocycles. The van der Waals surface area contributed by atoms with E-state index in [1.807, 2.05) is 30.3 Å². The predicted molar refractivity (Wildman–Crippen MR) is 111 cm³/mol. The van der Waals surface area contributed by atoms with Gasteiger partial charge in [0.1, 0.15) is 5.69 Å². The van der Waals surface area contributed by atoms with Gasteiger partial charge in [-0.15, -0.1) is 0 Å². The van der Waals surface area contributed by atoms with Gasteiger partial charge in [-0.05, 0) is 48.4 Å². The van der Waals surface area contributed by atoms with Gasteiger partial charge in [-0.2, -0.15) is 13.2 Å². The number of anilines is 2. The molecule has 160 valence electrons. The number of amides is 1. The second-order valence-electron chi connectivity index (χ2n) is 6.68. The average Bonchev–Trinajstić information content (AvgIpc) is 2.74. The topological polar surface area (TPSA) is 84.3 Å². The van der Waals surface area contributed by atoms with Crippen LogP contribution in [0.1, 0.15) is 21.5 Å². The Morgan fingerprint density at radius 2 is 1.65 bits per heavy atom. The number of nitrogens with zero attached hydrogens (tertiary/aromatic N) is 1. The summed E-state index contributed by atoms with van der Waals surface area (Å²) in [6.45, 7) is 0.460. The van der Waals surface area contributed by atoms with Gasteiger partial charge in [0.25, 0.3) is 11.6 Å². The molecule has 0 spiro atoms. The first kappa shape index (κ1) is 21.8. The molecular weight excluding hydrogens is 411 g/mol. The summed E-state index contributed by atoms with van der Waals surface area (Å²) in [7, 11) is 0. The summed E-state index contributed by atoms with van der Waals surface area (Å²) in [6, 6.07) is 17.5. The smallest absolute Gasteiger partial charge is 0.379 e. The summed E-state index contributed by atoms with van der Waals surface area (Å²) in [4.78, 5) is 23.3. The highest BCUT2D eigenvalue weighted by Crippen LogP contribution is 2.30. The first-order valence-electron chi connectivity index (χ1n) is 9.29. The van der Waals surface area contributed by atoms with Gasteiger partial charge in [-0.25, -0.2) is 0 Å². The van der Waals surface area contributed by atoms with Crippen LogP contribution in [0, 0.1) is 10.1 Å². The van der Waals surface area contributed by atoms with Crippen molar-refractivity contribution < 1.29 is 22.9 Å². The van der Waals surface area contributed by atoms with E-state index in [2.05, 4.69) is 10.6 Å². The van der Waals surface area contributed by atoms with E-state index in [1.165, 1.54) is 12.1 Å². The highest BCUT2D eigenvalue weighted by atomic mass is 19.4. The summed E-state index contributed by atoms with van der Waals surface area (Å²) in [5, 5.41) is 16.9. The number of nitro groups is 1. The van der Waals surface area contributed by atoms with Crippen LogP contribution >= 0.6 is 0 Å². The molecule has 3 rings (SSSR count). The second-order valence-corrected chi connectivity index (χ2v) is 6.68. The lowest BCUT2D eigenvalue weighted by atomic mass is 10.1. The van der Waals surface area contributed by atoms with Crippen molar-refractivity contribution in [2.24, 2.45) is 0 Å². The lowest BCUT2D eigenvalue weighted by molar-refractivity contribution is -0.384. The van der Waals surface area contributed by atoms with Crippen molar-refractivity contribution >= 4 is 23.0 Å². The summed E-state index contributed by atoms with van der Waals surface area (Å²) < 4.78 is 37.9. The number of rotatable bonds is 7. The van der Waals surface area contributed by atoms with Gasteiger partial charge in [0, 0.05) is 23.9 Å². The van der Waals surface area contributed by atoms with E-state index in [-0.39, 0.29) is 22.6 Å². The first-order valence-corrected chi connectivity index (χ1v) is 9.29. The van der Waals surface area contributed by atoms with E-state index in [0.29, 0.717) is 13.0 Å². The van der Waals surface area contributed by atoms with Gasteiger partial charge in [0.15, 0.2) is 0 Å². The lowest BCUT2D eigenvalue weighted by Crippen LogP contribution is -2.13. The Hall–Kier alpha value is -3.88. The van der Waals surface area contributed by atoms with Gasteiger partial charge in [-0.1, -0.05) is 30.3 Å². The number of benzene rings is 3. The van der Waals surface area contributed by atoms with Gasteiger partial charge >= 0.3 is 6.18 Å². The number of carbonyl (C=O) groups is 1. The Kier molecular flexibility index (Phi) is 6.54. The highest BCUT2D eigenvalue weighted by molar-refractivity contribution is 6.05. The Morgan fingerprint density at radius 3 is 2.26 bits per heavy atom. The molecule has 0 aliphatic carbocycles. The zero-order valence-electron chi connectivity index (χ0n) is 16.1. The standard InChI is InChI=1S/C22H18F3N3O3/c23-22(24,25)17-7-9-18(10-8-17)27-21(29)16-6-11-19(20(14-16)28(30)31)26-13-12-15-4-2-1-3-5-15/h1-11,14,26H,12-13H2,(H,27,29). The molecule has 0 saturated heterocycles. The predicted octanol–water partition coefficient (Wildman–Crippen LogP) is 5.52. The van der Waals surface area contributed by atoms with Crippen LogP contribution in [0.5, 0.6) is 0 Å². The molecule has 0 heterocycles. The second kappa shape index (κ2) is 9.29. The van der Waals surface area contributed by atoms with Crippen LogP contribution in [0.2, 0.25) is 0 Å². The van der Waals surface area contributed by atoms with Crippen LogP contribution in [-0.4, -0.2) is 17.4 Å². The van der Waals surface area contributed by atoms with E-state index in [9.17, 15) is 28.1 Å². The van der Waals surface area contributed by atoms with Crippen molar-refractivity contribution in [3.8, 4) is 0 Å². The maximum atomic E-state index is 12.6. The van der Waals surface area contributed by atoms with E-state index in [4.69, 9.17) is 0 Å². The fourth-order valence-corrected chi connectivity index (χ4v) is 2.91. The molecule has 1 amide bonds. The summed E-state index contributed by atoms with van der Waals surface area (Å²) in [6.07, 6.45) is -3.82. The summed E-state index contributed by atoms with van der Waals surface area (Å²) in [5.41, 5.74) is 0.392. The third kappa shape index (κ3) is 5.81. The van der Waals surface area contributed by atoms with E-state index >= 15 is 0 Å². The molecule has 3 aromatic carbocycles. The molecule has 0 fully saturated rings. The number of carbonyl (C=O) groups excluding carboxylic acids is 1. The quantitative estimate of drug-likeness (QED) is 0.383. The maximum absolute atomic E-state index is 12.6. The molecule has 0 saturated carbocycles. The third-order valence-corrected chi connectivity index (χ3v) is 4.50. The highest BCUT2D eigenvalue weighted by Gasteiger charge is 2.30. The monoisotopic (exact) mass is 429 g/mol. The molecular formula is C22H18F3N3O3. The van der Waals surface area contributed by atoms with Crippen molar-refractivity contribution in [1.29, 1.82) is 0 Å². The minimum absolute atomic E-state index is 0.0141. The zero-order chi connectivity index (χ0) is 22.4. The van der Waals surface area contributed by atoms with Crippen LogP contribution in [0.4, 0.5) is 30.2 Å². The van der Waals surface area contributed by atoms with Crippen molar-refractivity contribution in [1.82, 2.24) is 0 Å². The fraction of sp³-hybridized carbons (Fsp3) is 0.136. The Morgan fingerprint density at radius 1 is 0.968 bits per heavy atom. The normalized spacial score (nSPS) is 11.1. The molecule has 3 aromatic rings. The molecule has 0 aliphatic heterocycles. The van der Waals surface area contributed by atoms with Crippen molar-refractivity contribution in [2.45, 2.75) is 12.6 Å². The Bertz CT molecular complexity index is 1070. The molecule has 0 radical (unpaired) electrons. The van der Waals surface area contributed by atoms with Crippen LogP contribution in [-0.2, 0) is 12.6 Å². The minimum Gasteiger partial charge on any atom is -0.379 e. The van der Waals surface area contributed by atoms with E-state index < -0.39 is 22.6 Å². The number of hydrogen-bond acceptors (Lipinski definition) is 4. The minimum atomic E-state index is -4.48. The molecule has 0 unspecified atom stereocenters. The van der Waals surface area contributed by atoms with Gasteiger partial charge < -0.3 is 10.6 Å². The molecule has 31 heavy (non-hydrogen) atoms. The Balaban J connectivity index is 1.69. The van der Waals surface area contributed by atoms with Crippen molar-refractivity contribution in [3.63, 3.8) is 0 Å². The number of nitrogens with one attached hydrogen (secondary N) is 2. The first-order chi connectivity index (χ1) is 14.7. The molecule has 9 heteroatoms. The number of alkyl halides is 3. The maximum Gasteiger partial charge on any atom is 0.416 e. The molecule has 0 bridgehead atoms. The van der Waals surface area contributed by atoms with E-state index in [0.717, 1.165) is 35.9 Å². The molecule has 0 atom stereocenters. The fourth-order valence-electron chi connectivity index (χ4n) is 2.91. The van der Waals surface area contributed by atoms with Gasteiger partial charge in [0.05, 0.1) is 10.5 Å². The number of nitro benzene ring substituents is 1. The lowest BCUT2D eigenvalue weighted by Gasteiger charge is -2.10. The average molecular weight is 429 g/mol. The Labute approximate surface area is 175 Å². The van der Waals surface area contributed by atoms with Gasteiger partial charge in [-0.3, -0.25) is 14.9 Å².